The fourth-order valence-corrected chi connectivity index (χ4v) is 3.21. The Balaban J connectivity index is 1.45. The van der Waals surface area contributed by atoms with Crippen molar-refractivity contribution in [2.75, 3.05) is 19.7 Å². The molecule has 1 fully saturated rings. The summed E-state index contributed by atoms with van der Waals surface area (Å²) in [7, 11) is 0. The van der Waals surface area contributed by atoms with Gasteiger partial charge in [0.05, 0.1) is 6.61 Å². The maximum absolute atomic E-state index is 12.5. The van der Waals surface area contributed by atoms with Gasteiger partial charge in [0.25, 0.3) is 0 Å². The Bertz CT molecular complexity index is 627. The summed E-state index contributed by atoms with van der Waals surface area (Å²) in [6.45, 7) is 2.39. The van der Waals surface area contributed by atoms with E-state index in [0.717, 1.165) is 38.1 Å². The van der Waals surface area contributed by atoms with Gasteiger partial charge < -0.3 is 9.64 Å². The van der Waals surface area contributed by atoms with E-state index in [4.69, 9.17) is 4.74 Å². The van der Waals surface area contributed by atoms with Gasteiger partial charge in [-0.25, -0.2) is 0 Å². The number of benzene rings is 2. The van der Waals surface area contributed by atoms with E-state index in [2.05, 4.69) is 12.1 Å². The molecule has 3 rings (SSSR count). The lowest BCUT2D eigenvalue weighted by Crippen LogP contribution is -2.41. The fourth-order valence-electron chi connectivity index (χ4n) is 3.21. The fraction of sp³-hybridized carbons (Fsp3) is 0.381. The van der Waals surface area contributed by atoms with Crippen LogP contribution in [-0.4, -0.2) is 30.5 Å². The first-order valence-corrected chi connectivity index (χ1v) is 8.81. The number of hydrogen-bond donors (Lipinski definition) is 0. The van der Waals surface area contributed by atoms with Crippen molar-refractivity contribution in [1.82, 2.24) is 4.90 Å². The average Bonchev–Trinajstić information content (AvgIpc) is 2.66. The second kappa shape index (κ2) is 8.53. The molecule has 1 heterocycles. The molecule has 0 aromatic heterocycles. The van der Waals surface area contributed by atoms with Crippen molar-refractivity contribution < 1.29 is 9.53 Å². The second-order valence-corrected chi connectivity index (χ2v) is 6.46. The van der Waals surface area contributed by atoms with Crippen molar-refractivity contribution in [2.24, 2.45) is 5.92 Å². The van der Waals surface area contributed by atoms with Crippen molar-refractivity contribution in [3.63, 3.8) is 0 Å². The number of piperidine rings is 1. The average molecular weight is 323 g/mol. The van der Waals surface area contributed by atoms with Gasteiger partial charge in [0.2, 0.25) is 5.91 Å². The largest absolute Gasteiger partial charge is 0.493 e. The van der Waals surface area contributed by atoms with Gasteiger partial charge in [0.15, 0.2) is 0 Å². The highest BCUT2D eigenvalue weighted by molar-refractivity contribution is 5.76. The molecule has 1 unspecified atom stereocenters. The predicted octanol–water partition coefficient (Wildman–Crippen LogP) is 3.94. The van der Waals surface area contributed by atoms with Crippen molar-refractivity contribution in [2.45, 2.75) is 25.7 Å². The van der Waals surface area contributed by atoms with Gasteiger partial charge in [-0.1, -0.05) is 48.5 Å². The molecule has 126 valence electrons. The van der Waals surface area contributed by atoms with Crippen LogP contribution in [0.5, 0.6) is 5.75 Å². The summed E-state index contributed by atoms with van der Waals surface area (Å²) < 4.78 is 5.86. The standard InChI is InChI=1S/C21H25NO2/c23-21(14-13-18-8-3-1-4-9-18)22-15-7-10-19(16-22)17-24-20-11-5-2-6-12-20/h1-6,8-9,11-12,19H,7,10,13-17H2. The van der Waals surface area contributed by atoms with Gasteiger partial charge in [-0.3, -0.25) is 4.79 Å². The number of nitrogens with zero attached hydrogens (tertiary/aromatic N) is 1. The summed E-state index contributed by atoms with van der Waals surface area (Å²) in [4.78, 5) is 14.5. The van der Waals surface area contributed by atoms with Crippen molar-refractivity contribution in [3.8, 4) is 5.75 Å². The highest BCUT2D eigenvalue weighted by Gasteiger charge is 2.23. The summed E-state index contributed by atoms with van der Waals surface area (Å²) in [5, 5.41) is 0. The number of carbonyl (C=O) groups is 1. The minimum absolute atomic E-state index is 0.267. The zero-order valence-corrected chi connectivity index (χ0v) is 14.1. The van der Waals surface area contributed by atoms with Gasteiger partial charge in [-0.15, -0.1) is 0 Å². The molecular weight excluding hydrogens is 298 g/mol. The Morgan fingerprint density at radius 3 is 2.50 bits per heavy atom. The van der Waals surface area contributed by atoms with Gasteiger partial charge in [0.1, 0.15) is 5.75 Å². The first kappa shape index (κ1) is 16.6. The minimum atomic E-state index is 0.267. The van der Waals surface area contributed by atoms with Crippen LogP contribution in [0.25, 0.3) is 0 Å². The minimum Gasteiger partial charge on any atom is -0.493 e. The third kappa shape index (κ3) is 4.85. The van der Waals surface area contributed by atoms with Gasteiger partial charge >= 0.3 is 0 Å². The van der Waals surface area contributed by atoms with Crippen LogP contribution in [0.3, 0.4) is 0 Å². The SMILES string of the molecule is O=C(CCc1ccccc1)N1CCCC(COc2ccccc2)C1. The summed E-state index contributed by atoms with van der Waals surface area (Å²) in [5.74, 6) is 1.60. The number of aryl methyl sites for hydroxylation is 1. The molecule has 0 spiro atoms. The topological polar surface area (TPSA) is 29.5 Å². The number of amides is 1. The number of ether oxygens (including phenoxy) is 1. The third-order valence-electron chi connectivity index (χ3n) is 4.57. The Hall–Kier alpha value is -2.29. The molecule has 1 saturated heterocycles. The van der Waals surface area contributed by atoms with E-state index in [9.17, 15) is 4.79 Å². The van der Waals surface area contributed by atoms with Crippen LogP contribution < -0.4 is 4.74 Å². The van der Waals surface area contributed by atoms with Crippen LogP contribution in [0.2, 0.25) is 0 Å². The Morgan fingerprint density at radius 2 is 1.75 bits per heavy atom. The molecule has 3 nitrogen and oxygen atoms in total. The lowest BCUT2D eigenvalue weighted by atomic mass is 9.98. The van der Waals surface area contributed by atoms with E-state index in [0.29, 0.717) is 18.9 Å². The van der Waals surface area contributed by atoms with Gasteiger partial charge in [-0.05, 0) is 37.0 Å². The lowest BCUT2D eigenvalue weighted by Gasteiger charge is -2.32. The quantitative estimate of drug-likeness (QED) is 0.806. The highest BCUT2D eigenvalue weighted by atomic mass is 16.5. The summed E-state index contributed by atoms with van der Waals surface area (Å²) >= 11 is 0. The molecule has 0 N–H and O–H groups in total. The Morgan fingerprint density at radius 1 is 1.04 bits per heavy atom. The molecular formula is C21H25NO2. The third-order valence-corrected chi connectivity index (χ3v) is 4.57. The highest BCUT2D eigenvalue weighted by Crippen LogP contribution is 2.19. The van der Waals surface area contributed by atoms with Crippen molar-refractivity contribution in [3.05, 3.63) is 66.2 Å². The Labute approximate surface area is 144 Å². The first-order valence-electron chi connectivity index (χ1n) is 8.81. The molecule has 2 aromatic rings. The molecule has 1 atom stereocenters. The van der Waals surface area contributed by atoms with E-state index in [1.807, 2.05) is 53.4 Å². The van der Waals surface area contributed by atoms with E-state index in [1.54, 1.807) is 0 Å². The summed E-state index contributed by atoms with van der Waals surface area (Å²) in [6.07, 6.45) is 3.62. The lowest BCUT2D eigenvalue weighted by molar-refractivity contribution is -0.133. The molecule has 1 aliphatic heterocycles. The van der Waals surface area contributed by atoms with Gasteiger partial charge in [0, 0.05) is 25.4 Å². The number of likely N-dealkylation sites (tertiary alicyclic amines) is 1. The van der Waals surface area contributed by atoms with E-state index in [1.165, 1.54) is 5.56 Å². The van der Waals surface area contributed by atoms with E-state index >= 15 is 0 Å². The molecule has 2 aromatic carbocycles. The summed E-state index contributed by atoms with van der Waals surface area (Å²) in [5.41, 5.74) is 1.23. The predicted molar refractivity (Wildman–Crippen MR) is 96.0 cm³/mol. The Kier molecular flexibility index (Phi) is 5.89. The maximum Gasteiger partial charge on any atom is 0.222 e. The zero-order valence-electron chi connectivity index (χ0n) is 14.1. The molecule has 0 aliphatic carbocycles. The van der Waals surface area contributed by atoms with Gasteiger partial charge in [-0.2, -0.15) is 0 Å². The second-order valence-electron chi connectivity index (χ2n) is 6.46. The van der Waals surface area contributed by atoms with Crippen molar-refractivity contribution >= 4 is 5.91 Å². The monoisotopic (exact) mass is 323 g/mol. The van der Waals surface area contributed by atoms with Crippen molar-refractivity contribution in [1.29, 1.82) is 0 Å². The van der Waals surface area contributed by atoms with E-state index in [-0.39, 0.29) is 5.91 Å². The number of hydrogen-bond acceptors (Lipinski definition) is 2. The zero-order chi connectivity index (χ0) is 16.6. The number of rotatable bonds is 6. The van der Waals surface area contributed by atoms with Crippen LogP contribution in [0.4, 0.5) is 0 Å². The van der Waals surface area contributed by atoms with Crippen LogP contribution in [0, 0.1) is 5.92 Å². The van der Waals surface area contributed by atoms with Crippen LogP contribution in [0.15, 0.2) is 60.7 Å². The van der Waals surface area contributed by atoms with E-state index < -0.39 is 0 Å². The first-order chi connectivity index (χ1) is 11.8. The number of para-hydroxylation sites is 1. The smallest absolute Gasteiger partial charge is 0.222 e. The number of carbonyl (C=O) groups excluding carboxylic acids is 1. The molecule has 0 bridgehead atoms. The summed E-state index contributed by atoms with van der Waals surface area (Å²) in [6, 6.07) is 20.1. The molecule has 0 radical (unpaired) electrons. The molecule has 1 amide bonds. The molecule has 24 heavy (non-hydrogen) atoms. The maximum atomic E-state index is 12.5. The molecule has 1 aliphatic rings. The molecule has 0 saturated carbocycles. The van der Waals surface area contributed by atoms with Crippen LogP contribution >= 0.6 is 0 Å². The molecule has 3 heteroatoms. The van der Waals surface area contributed by atoms with Crippen LogP contribution in [-0.2, 0) is 11.2 Å². The van der Waals surface area contributed by atoms with Crippen LogP contribution in [0.1, 0.15) is 24.8 Å². The normalized spacial score (nSPS) is 17.5.